The van der Waals surface area contributed by atoms with E-state index in [1.807, 2.05) is 4.90 Å². The normalized spacial score (nSPS) is 19.3. The fraction of sp³-hybridized carbons (Fsp3) is 0.619. The van der Waals surface area contributed by atoms with Crippen LogP contribution in [0, 0.1) is 11.7 Å². The molecule has 0 bridgehead atoms. The lowest BCUT2D eigenvalue weighted by molar-refractivity contribution is -0.131. The molecule has 0 aromatic heterocycles. The minimum atomic E-state index is -0.341. The fourth-order valence-electron chi connectivity index (χ4n) is 4.11. The molecule has 1 aliphatic heterocycles. The molecule has 0 unspecified atom stereocenters. The number of rotatable bonds is 4. The Kier molecular flexibility index (Phi) is 6.64. The Morgan fingerprint density at radius 1 is 0.885 bits per heavy atom. The predicted molar refractivity (Wildman–Crippen MR) is 99.3 cm³/mol. The molecule has 2 fully saturated rings. The molecule has 0 radical (unpaired) electrons. The van der Waals surface area contributed by atoms with E-state index >= 15 is 0 Å². The van der Waals surface area contributed by atoms with Gasteiger partial charge in [0, 0.05) is 38.2 Å². The molecule has 1 aromatic carbocycles. The summed E-state index contributed by atoms with van der Waals surface area (Å²) in [5.74, 6) is 0.525. The van der Waals surface area contributed by atoms with Crippen LogP contribution in [0.15, 0.2) is 24.3 Å². The average molecular weight is 360 g/mol. The van der Waals surface area contributed by atoms with Crippen molar-refractivity contribution in [3.63, 3.8) is 0 Å². The molecular formula is C21H29FN2O2. The Labute approximate surface area is 155 Å². The van der Waals surface area contributed by atoms with E-state index in [0.29, 0.717) is 31.6 Å². The van der Waals surface area contributed by atoms with Crippen LogP contribution in [0.1, 0.15) is 61.7 Å². The number of hydrogen-bond acceptors (Lipinski definition) is 2. The first-order valence-electron chi connectivity index (χ1n) is 9.96. The third-order valence-electron chi connectivity index (χ3n) is 5.72. The second-order valence-corrected chi connectivity index (χ2v) is 7.58. The van der Waals surface area contributed by atoms with Crippen molar-refractivity contribution in [3.8, 4) is 0 Å². The summed E-state index contributed by atoms with van der Waals surface area (Å²) in [5.41, 5.74) is 0.503. The number of amides is 2. The van der Waals surface area contributed by atoms with E-state index in [9.17, 15) is 14.0 Å². The maximum Gasteiger partial charge on any atom is 0.253 e. The van der Waals surface area contributed by atoms with Crippen LogP contribution >= 0.6 is 0 Å². The van der Waals surface area contributed by atoms with Gasteiger partial charge >= 0.3 is 0 Å². The van der Waals surface area contributed by atoms with Crippen LogP contribution in [0.2, 0.25) is 0 Å². The number of nitrogens with zero attached hydrogens (tertiary/aromatic N) is 2. The first-order valence-corrected chi connectivity index (χ1v) is 9.96. The van der Waals surface area contributed by atoms with E-state index in [1.165, 1.54) is 56.4 Å². The summed E-state index contributed by atoms with van der Waals surface area (Å²) in [6.07, 6.45) is 8.94. The summed E-state index contributed by atoms with van der Waals surface area (Å²) in [4.78, 5) is 28.8. The van der Waals surface area contributed by atoms with Crippen LogP contribution in [-0.4, -0.2) is 47.8 Å². The van der Waals surface area contributed by atoms with E-state index < -0.39 is 0 Å². The lowest BCUT2D eigenvalue weighted by atomic mass is 9.86. The minimum absolute atomic E-state index is 0.0819. The van der Waals surface area contributed by atoms with Crippen molar-refractivity contribution in [1.82, 2.24) is 9.80 Å². The van der Waals surface area contributed by atoms with Gasteiger partial charge in [-0.15, -0.1) is 0 Å². The van der Waals surface area contributed by atoms with Crippen LogP contribution in [0.3, 0.4) is 0 Å². The van der Waals surface area contributed by atoms with E-state index in [0.717, 1.165) is 25.3 Å². The first kappa shape index (κ1) is 18.9. The summed E-state index contributed by atoms with van der Waals surface area (Å²) >= 11 is 0. The van der Waals surface area contributed by atoms with Gasteiger partial charge in [-0.05, 0) is 43.0 Å². The van der Waals surface area contributed by atoms with Gasteiger partial charge in [-0.2, -0.15) is 0 Å². The molecule has 0 atom stereocenters. The standard InChI is InChI=1S/C21H29FN2O2/c22-19-10-8-18(9-11-19)21(26)24-14-4-13-23(15-16-24)20(25)12-7-17-5-2-1-3-6-17/h8-11,17H,1-7,12-16H2. The van der Waals surface area contributed by atoms with Crippen LogP contribution in [0.4, 0.5) is 4.39 Å². The number of benzene rings is 1. The molecule has 4 nitrogen and oxygen atoms in total. The molecule has 1 saturated carbocycles. The molecule has 1 aliphatic carbocycles. The molecule has 0 N–H and O–H groups in total. The van der Waals surface area contributed by atoms with E-state index in [-0.39, 0.29) is 17.6 Å². The molecule has 2 aliphatic rings. The van der Waals surface area contributed by atoms with E-state index in [4.69, 9.17) is 0 Å². The second kappa shape index (κ2) is 9.15. The summed E-state index contributed by atoms with van der Waals surface area (Å²) in [7, 11) is 0. The minimum Gasteiger partial charge on any atom is -0.341 e. The van der Waals surface area contributed by atoms with Gasteiger partial charge in [-0.3, -0.25) is 9.59 Å². The van der Waals surface area contributed by atoms with Gasteiger partial charge < -0.3 is 9.80 Å². The third kappa shape index (κ3) is 5.05. The Morgan fingerprint density at radius 3 is 2.27 bits per heavy atom. The second-order valence-electron chi connectivity index (χ2n) is 7.58. The number of halogens is 1. The molecular weight excluding hydrogens is 331 g/mol. The smallest absolute Gasteiger partial charge is 0.253 e. The van der Waals surface area contributed by atoms with Gasteiger partial charge in [0.15, 0.2) is 0 Å². The van der Waals surface area contributed by atoms with Crippen molar-refractivity contribution in [1.29, 1.82) is 0 Å². The molecule has 2 amide bonds. The highest BCUT2D eigenvalue weighted by atomic mass is 19.1. The molecule has 1 aromatic rings. The van der Waals surface area contributed by atoms with Gasteiger partial charge in [0.1, 0.15) is 5.82 Å². The summed E-state index contributed by atoms with van der Waals surface area (Å²) in [6.45, 7) is 2.50. The topological polar surface area (TPSA) is 40.6 Å². The van der Waals surface area contributed by atoms with Crippen LogP contribution < -0.4 is 0 Å². The fourth-order valence-corrected chi connectivity index (χ4v) is 4.11. The first-order chi connectivity index (χ1) is 12.6. The summed E-state index contributed by atoms with van der Waals surface area (Å²) < 4.78 is 13.0. The molecule has 1 heterocycles. The molecule has 142 valence electrons. The lowest BCUT2D eigenvalue weighted by Crippen LogP contribution is -2.37. The highest BCUT2D eigenvalue weighted by Gasteiger charge is 2.23. The number of hydrogen-bond donors (Lipinski definition) is 0. The van der Waals surface area contributed by atoms with Crippen LogP contribution in [0.25, 0.3) is 0 Å². The van der Waals surface area contributed by atoms with Gasteiger partial charge in [0.05, 0.1) is 0 Å². The van der Waals surface area contributed by atoms with Gasteiger partial charge in [-0.25, -0.2) is 4.39 Å². The van der Waals surface area contributed by atoms with Crippen molar-refractivity contribution in [2.24, 2.45) is 5.92 Å². The maximum absolute atomic E-state index is 13.0. The van der Waals surface area contributed by atoms with E-state index in [1.54, 1.807) is 4.90 Å². The Morgan fingerprint density at radius 2 is 1.54 bits per heavy atom. The average Bonchev–Trinajstić information content (AvgIpc) is 2.93. The number of carbonyl (C=O) groups excluding carboxylic acids is 2. The lowest BCUT2D eigenvalue weighted by Gasteiger charge is -2.24. The molecule has 1 saturated heterocycles. The monoisotopic (exact) mass is 360 g/mol. The quantitative estimate of drug-likeness (QED) is 0.818. The predicted octanol–water partition coefficient (Wildman–Crippen LogP) is 3.86. The van der Waals surface area contributed by atoms with Crippen molar-refractivity contribution in [2.45, 2.75) is 51.4 Å². The van der Waals surface area contributed by atoms with Crippen molar-refractivity contribution < 1.29 is 14.0 Å². The summed E-state index contributed by atoms with van der Waals surface area (Å²) in [6, 6.07) is 5.67. The highest BCUT2D eigenvalue weighted by Crippen LogP contribution is 2.27. The Bertz CT molecular complexity index is 611. The van der Waals surface area contributed by atoms with Crippen molar-refractivity contribution in [2.75, 3.05) is 26.2 Å². The van der Waals surface area contributed by atoms with Crippen molar-refractivity contribution in [3.05, 3.63) is 35.6 Å². The third-order valence-corrected chi connectivity index (χ3v) is 5.72. The molecule has 5 heteroatoms. The molecule has 26 heavy (non-hydrogen) atoms. The molecule has 3 rings (SSSR count). The zero-order valence-corrected chi connectivity index (χ0v) is 15.5. The SMILES string of the molecule is O=C(CCC1CCCCC1)N1CCCN(C(=O)c2ccc(F)cc2)CC1. The zero-order chi connectivity index (χ0) is 18.4. The maximum atomic E-state index is 13.0. The van der Waals surface area contributed by atoms with Crippen molar-refractivity contribution >= 4 is 11.8 Å². The molecule has 0 spiro atoms. The van der Waals surface area contributed by atoms with Gasteiger partial charge in [0.25, 0.3) is 5.91 Å². The Hall–Kier alpha value is -1.91. The number of carbonyl (C=O) groups is 2. The van der Waals surface area contributed by atoms with Gasteiger partial charge in [0.2, 0.25) is 5.91 Å². The van der Waals surface area contributed by atoms with Crippen LogP contribution in [0.5, 0.6) is 0 Å². The van der Waals surface area contributed by atoms with Gasteiger partial charge in [-0.1, -0.05) is 32.1 Å². The highest BCUT2D eigenvalue weighted by molar-refractivity contribution is 5.94. The van der Waals surface area contributed by atoms with Crippen LogP contribution in [-0.2, 0) is 4.79 Å². The Balaban J connectivity index is 1.48. The largest absolute Gasteiger partial charge is 0.341 e. The zero-order valence-electron chi connectivity index (χ0n) is 15.5. The summed E-state index contributed by atoms with van der Waals surface area (Å²) in [5, 5.41) is 0. The van der Waals surface area contributed by atoms with E-state index in [2.05, 4.69) is 0 Å².